The Bertz CT molecular complexity index is 1810. The van der Waals surface area contributed by atoms with Gasteiger partial charge in [-0.1, -0.05) is 43.3 Å². The minimum absolute atomic E-state index is 0.114. The van der Waals surface area contributed by atoms with Crippen LogP contribution in [0.4, 0.5) is 0 Å². The van der Waals surface area contributed by atoms with Gasteiger partial charge in [0.2, 0.25) is 0 Å². The van der Waals surface area contributed by atoms with Crippen molar-refractivity contribution in [3.63, 3.8) is 0 Å². The van der Waals surface area contributed by atoms with Crippen molar-refractivity contribution in [1.82, 2.24) is 28.5 Å². The Morgan fingerprint density at radius 3 is 2.38 bits per heavy atom. The molecular formula is C26H22N6O5. The van der Waals surface area contributed by atoms with Crippen LogP contribution < -0.4 is 16.8 Å². The first-order valence-electron chi connectivity index (χ1n) is 11.6. The summed E-state index contributed by atoms with van der Waals surface area (Å²) in [4.78, 5) is 50.3. The van der Waals surface area contributed by atoms with Crippen LogP contribution in [0.1, 0.15) is 13.3 Å². The minimum Gasteiger partial charge on any atom is -0.480 e. The quantitative estimate of drug-likeness (QED) is 0.363. The number of aromatic nitrogens is 6. The molecule has 0 bridgehead atoms. The Kier molecular flexibility index (Phi) is 6.10. The summed E-state index contributed by atoms with van der Waals surface area (Å²) in [5, 5.41) is 18.6. The van der Waals surface area contributed by atoms with Crippen molar-refractivity contribution in [3.8, 4) is 28.3 Å². The molecule has 0 saturated heterocycles. The fourth-order valence-corrected chi connectivity index (χ4v) is 4.25. The monoisotopic (exact) mass is 498 g/mol. The highest BCUT2D eigenvalue weighted by molar-refractivity contribution is 5.90. The van der Waals surface area contributed by atoms with E-state index in [-0.39, 0.29) is 12.4 Å². The molecule has 0 aliphatic heterocycles. The van der Waals surface area contributed by atoms with Gasteiger partial charge in [0.15, 0.2) is 0 Å². The number of benzene rings is 1. The van der Waals surface area contributed by atoms with Gasteiger partial charge >= 0.3 is 11.7 Å². The van der Waals surface area contributed by atoms with Crippen molar-refractivity contribution in [2.45, 2.75) is 26.4 Å². The van der Waals surface area contributed by atoms with E-state index in [4.69, 9.17) is 5.10 Å². The average molecular weight is 498 g/mol. The van der Waals surface area contributed by atoms with Crippen molar-refractivity contribution in [2.75, 3.05) is 0 Å². The summed E-state index contributed by atoms with van der Waals surface area (Å²) in [6.45, 7) is 1.16. The van der Waals surface area contributed by atoms with Gasteiger partial charge in [-0.3, -0.25) is 23.5 Å². The molecule has 4 heterocycles. The molecule has 0 unspecified atom stereocenters. The summed E-state index contributed by atoms with van der Waals surface area (Å²) in [7, 11) is 0. The predicted octanol–water partition coefficient (Wildman–Crippen LogP) is 2.03. The van der Waals surface area contributed by atoms with Gasteiger partial charge in [-0.25, -0.2) is 9.31 Å². The van der Waals surface area contributed by atoms with Gasteiger partial charge in [-0.15, -0.1) is 0 Å². The maximum atomic E-state index is 13.1. The maximum Gasteiger partial charge on any atom is 0.333 e. The van der Waals surface area contributed by atoms with Gasteiger partial charge in [0.25, 0.3) is 11.1 Å². The molecule has 0 saturated carbocycles. The van der Waals surface area contributed by atoms with Crippen molar-refractivity contribution in [2.24, 2.45) is 0 Å². The summed E-state index contributed by atoms with van der Waals surface area (Å²) >= 11 is 0. The molecule has 0 fully saturated rings. The molecule has 0 aliphatic carbocycles. The van der Waals surface area contributed by atoms with Gasteiger partial charge in [-0.2, -0.15) is 14.9 Å². The van der Waals surface area contributed by atoms with E-state index in [9.17, 15) is 24.3 Å². The fourth-order valence-electron chi connectivity index (χ4n) is 4.25. The smallest absolute Gasteiger partial charge is 0.333 e. The van der Waals surface area contributed by atoms with Crippen LogP contribution in [0, 0.1) is 0 Å². The average Bonchev–Trinajstić information content (AvgIpc) is 3.28. The van der Waals surface area contributed by atoms with Crippen LogP contribution in [0.15, 0.2) is 87.3 Å². The van der Waals surface area contributed by atoms with Crippen LogP contribution in [0.2, 0.25) is 0 Å². The van der Waals surface area contributed by atoms with Gasteiger partial charge in [-0.05, 0) is 24.6 Å². The Morgan fingerprint density at radius 1 is 0.892 bits per heavy atom. The lowest BCUT2D eigenvalue weighted by atomic mass is 10.0. The first-order chi connectivity index (χ1) is 17.9. The fraction of sp³-hybridized carbons (Fsp3) is 0.154. The Labute approximate surface area is 209 Å². The van der Waals surface area contributed by atoms with Crippen molar-refractivity contribution < 1.29 is 9.90 Å². The molecule has 186 valence electrons. The normalized spacial score (nSPS) is 11.2. The van der Waals surface area contributed by atoms with Crippen LogP contribution >= 0.6 is 0 Å². The van der Waals surface area contributed by atoms with Crippen LogP contribution in [-0.2, 0) is 17.9 Å². The highest BCUT2D eigenvalue weighted by atomic mass is 16.4. The van der Waals surface area contributed by atoms with Gasteiger partial charge in [0.1, 0.15) is 18.1 Å². The zero-order chi connectivity index (χ0) is 26.1. The van der Waals surface area contributed by atoms with Gasteiger partial charge < -0.3 is 5.11 Å². The summed E-state index contributed by atoms with van der Waals surface area (Å²) in [6.07, 6.45) is 2.28. The number of hydrogen-bond acceptors (Lipinski definition) is 6. The molecule has 37 heavy (non-hydrogen) atoms. The number of pyridine rings is 1. The number of nitrogens with zero attached hydrogens (tertiary/aromatic N) is 6. The van der Waals surface area contributed by atoms with Crippen LogP contribution in [0.25, 0.3) is 33.8 Å². The standard InChI is InChI=1S/C26H22N6O5/c1-2-13-29-22(34)15-20(30(26(29)37)16-23(35)36)32-21(33)12-11-18(27-32)24-19-10-6-7-14-31(19)28-25(24)17-8-4-3-5-9-17/h3-12,14-15H,2,13,16H2,1H3,(H,35,36). The second-order valence-corrected chi connectivity index (χ2v) is 8.34. The number of fused-ring (bicyclic) bond motifs is 1. The van der Waals surface area contributed by atoms with Gasteiger partial charge in [0, 0.05) is 30.4 Å². The molecule has 5 aromatic rings. The summed E-state index contributed by atoms with van der Waals surface area (Å²) in [5.41, 5.74) is 1.04. The molecule has 0 aliphatic rings. The minimum atomic E-state index is -1.30. The molecule has 0 spiro atoms. The third-order valence-corrected chi connectivity index (χ3v) is 5.86. The van der Waals surface area contributed by atoms with E-state index < -0.39 is 29.3 Å². The molecule has 5 rings (SSSR count). The van der Waals surface area contributed by atoms with Crippen molar-refractivity contribution in [1.29, 1.82) is 0 Å². The van der Waals surface area contributed by atoms with E-state index in [0.29, 0.717) is 23.4 Å². The second-order valence-electron chi connectivity index (χ2n) is 8.34. The lowest BCUT2D eigenvalue weighted by molar-refractivity contribution is -0.137. The summed E-state index contributed by atoms with van der Waals surface area (Å²) < 4.78 is 4.39. The topological polar surface area (TPSA) is 133 Å². The molecule has 0 atom stereocenters. The van der Waals surface area contributed by atoms with E-state index in [1.165, 1.54) is 12.1 Å². The lowest BCUT2D eigenvalue weighted by Gasteiger charge is -2.15. The largest absolute Gasteiger partial charge is 0.480 e. The number of aliphatic carboxylic acids is 1. The number of hydrogen-bond donors (Lipinski definition) is 1. The number of carboxylic acids is 1. The highest BCUT2D eigenvalue weighted by Crippen LogP contribution is 2.33. The van der Waals surface area contributed by atoms with E-state index in [0.717, 1.165) is 31.0 Å². The third kappa shape index (κ3) is 4.27. The molecule has 0 amide bonds. The SMILES string of the molecule is CCCn1c(=O)cc(-n2nc(-c3c(-c4ccccc4)nn4ccccc34)ccc2=O)n(CC(=O)O)c1=O. The molecule has 11 heteroatoms. The Balaban J connectivity index is 1.79. The molecular weight excluding hydrogens is 476 g/mol. The van der Waals surface area contributed by atoms with Crippen LogP contribution in [-0.4, -0.2) is 39.6 Å². The number of rotatable bonds is 7. The predicted molar refractivity (Wildman–Crippen MR) is 136 cm³/mol. The Morgan fingerprint density at radius 2 is 1.65 bits per heavy atom. The zero-order valence-electron chi connectivity index (χ0n) is 19.8. The van der Waals surface area contributed by atoms with Crippen molar-refractivity contribution in [3.05, 3.63) is 104 Å². The maximum absolute atomic E-state index is 13.1. The molecule has 1 N–H and O–H groups in total. The summed E-state index contributed by atoms with van der Waals surface area (Å²) in [6, 6.07) is 18.9. The van der Waals surface area contributed by atoms with E-state index in [1.54, 1.807) is 17.6 Å². The van der Waals surface area contributed by atoms with E-state index >= 15 is 0 Å². The zero-order valence-corrected chi connectivity index (χ0v) is 19.8. The molecule has 0 radical (unpaired) electrons. The van der Waals surface area contributed by atoms with Crippen molar-refractivity contribution >= 4 is 11.5 Å². The molecule has 11 nitrogen and oxygen atoms in total. The van der Waals surface area contributed by atoms with Gasteiger partial charge in [0.05, 0.1) is 16.8 Å². The first-order valence-corrected chi connectivity index (χ1v) is 11.6. The second kappa shape index (κ2) is 9.53. The first kappa shape index (κ1) is 23.7. The summed E-state index contributed by atoms with van der Waals surface area (Å²) in [5.74, 6) is -1.53. The van der Waals surface area contributed by atoms with E-state index in [2.05, 4.69) is 5.10 Å². The van der Waals surface area contributed by atoms with Crippen LogP contribution in [0.3, 0.4) is 0 Å². The molecule has 4 aromatic heterocycles. The molecule has 1 aromatic carbocycles. The lowest BCUT2D eigenvalue weighted by Crippen LogP contribution is -2.43. The third-order valence-electron chi connectivity index (χ3n) is 5.86. The number of carboxylic acid groups (broad SMARTS) is 1. The Hall–Kier alpha value is -5.06. The number of carbonyl (C=O) groups is 1. The highest BCUT2D eigenvalue weighted by Gasteiger charge is 2.21. The van der Waals surface area contributed by atoms with E-state index in [1.807, 2.05) is 48.5 Å². The van der Waals surface area contributed by atoms with Crippen LogP contribution in [0.5, 0.6) is 0 Å².